The largest absolute Gasteiger partial charge is 0.331 e. The number of carbonyl (C=O) groups is 1. The zero-order chi connectivity index (χ0) is 17.6. The minimum Gasteiger partial charge on any atom is -0.331 e. The van der Waals surface area contributed by atoms with E-state index < -0.39 is 0 Å². The number of nitrogens with zero attached hydrogens (tertiary/aromatic N) is 3. The zero-order valence-electron chi connectivity index (χ0n) is 14.4. The Morgan fingerprint density at radius 1 is 1.12 bits per heavy atom. The Kier molecular flexibility index (Phi) is 3.50. The van der Waals surface area contributed by atoms with Crippen LogP contribution in [0.1, 0.15) is 21.7 Å². The molecule has 0 aliphatic heterocycles. The first kappa shape index (κ1) is 15.3. The maximum Gasteiger partial charge on any atom is 0.258 e. The number of pyridine rings is 1. The van der Waals surface area contributed by atoms with Gasteiger partial charge in [-0.25, -0.2) is 4.98 Å². The number of aryl methyl sites for hydroxylation is 3. The van der Waals surface area contributed by atoms with Crippen LogP contribution in [0.15, 0.2) is 48.7 Å². The van der Waals surface area contributed by atoms with Gasteiger partial charge in [-0.05, 0) is 43.7 Å². The van der Waals surface area contributed by atoms with E-state index in [9.17, 15) is 4.79 Å². The third-order valence-electron chi connectivity index (χ3n) is 4.57. The summed E-state index contributed by atoms with van der Waals surface area (Å²) in [7, 11) is 1.97. The number of aromatic nitrogens is 3. The SMILES string of the molecule is Cc1ccc2cccnc2c1C(=O)Nc1ccc2nc(C)n(C)c2c1. The molecule has 0 bridgehead atoms. The second-order valence-corrected chi connectivity index (χ2v) is 6.21. The molecule has 0 aliphatic rings. The van der Waals surface area contributed by atoms with Gasteiger partial charge in [0.2, 0.25) is 0 Å². The molecule has 4 aromatic rings. The number of nitrogens with one attached hydrogen (secondary N) is 1. The molecule has 2 heterocycles. The third kappa shape index (κ3) is 2.54. The number of hydrogen-bond acceptors (Lipinski definition) is 3. The molecule has 0 unspecified atom stereocenters. The molecule has 2 aromatic carbocycles. The van der Waals surface area contributed by atoms with Crippen LogP contribution in [-0.4, -0.2) is 20.4 Å². The van der Waals surface area contributed by atoms with Gasteiger partial charge >= 0.3 is 0 Å². The molecule has 124 valence electrons. The quantitative estimate of drug-likeness (QED) is 0.604. The normalized spacial score (nSPS) is 11.2. The van der Waals surface area contributed by atoms with Crippen molar-refractivity contribution in [1.29, 1.82) is 0 Å². The Labute approximate surface area is 145 Å². The zero-order valence-corrected chi connectivity index (χ0v) is 14.4. The van der Waals surface area contributed by atoms with E-state index in [0.717, 1.165) is 39.0 Å². The standard InChI is InChI=1S/C20H18N4O/c1-12-6-7-14-5-4-10-21-19(14)18(12)20(25)23-15-8-9-16-17(11-15)24(3)13(2)22-16/h4-11H,1-3H3,(H,23,25). The van der Waals surface area contributed by atoms with Gasteiger partial charge in [-0.3, -0.25) is 9.78 Å². The minimum absolute atomic E-state index is 0.153. The predicted octanol–water partition coefficient (Wildman–Crippen LogP) is 3.99. The van der Waals surface area contributed by atoms with Gasteiger partial charge < -0.3 is 9.88 Å². The van der Waals surface area contributed by atoms with E-state index in [1.54, 1.807) is 6.20 Å². The molecule has 1 amide bonds. The molecule has 0 aliphatic carbocycles. The first-order valence-electron chi connectivity index (χ1n) is 8.13. The third-order valence-corrected chi connectivity index (χ3v) is 4.57. The molecule has 0 saturated carbocycles. The van der Waals surface area contributed by atoms with E-state index in [0.29, 0.717) is 5.56 Å². The average Bonchev–Trinajstić information content (AvgIpc) is 2.89. The van der Waals surface area contributed by atoms with Crippen molar-refractivity contribution in [3.8, 4) is 0 Å². The summed E-state index contributed by atoms with van der Waals surface area (Å²) < 4.78 is 2.01. The van der Waals surface area contributed by atoms with Crippen LogP contribution in [0.2, 0.25) is 0 Å². The molecule has 0 atom stereocenters. The maximum atomic E-state index is 12.9. The van der Waals surface area contributed by atoms with Gasteiger partial charge in [0.1, 0.15) is 5.82 Å². The van der Waals surface area contributed by atoms with E-state index in [1.165, 1.54) is 0 Å². The highest BCUT2D eigenvalue weighted by molar-refractivity contribution is 6.13. The van der Waals surface area contributed by atoms with Crippen LogP contribution in [0, 0.1) is 13.8 Å². The number of amides is 1. The number of anilines is 1. The van der Waals surface area contributed by atoms with Crippen LogP contribution in [-0.2, 0) is 7.05 Å². The number of fused-ring (bicyclic) bond motifs is 2. The molecule has 0 fully saturated rings. The van der Waals surface area contributed by atoms with Crippen molar-refractivity contribution in [3.05, 3.63) is 65.6 Å². The van der Waals surface area contributed by atoms with Crippen LogP contribution in [0.5, 0.6) is 0 Å². The number of benzene rings is 2. The lowest BCUT2D eigenvalue weighted by molar-refractivity contribution is 0.102. The predicted molar refractivity (Wildman–Crippen MR) is 99.9 cm³/mol. The molecular weight excluding hydrogens is 312 g/mol. The summed E-state index contributed by atoms with van der Waals surface area (Å²) in [5.41, 5.74) is 4.88. The second kappa shape index (κ2) is 5.70. The summed E-state index contributed by atoms with van der Waals surface area (Å²) in [4.78, 5) is 21.8. The van der Waals surface area contributed by atoms with Gasteiger partial charge in [0.25, 0.3) is 5.91 Å². The Morgan fingerprint density at radius 3 is 2.80 bits per heavy atom. The average molecular weight is 330 g/mol. The van der Waals surface area contributed by atoms with Crippen LogP contribution >= 0.6 is 0 Å². The lowest BCUT2D eigenvalue weighted by Gasteiger charge is -2.10. The Hall–Kier alpha value is -3.21. The fraction of sp³-hybridized carbons (Fsp3) is 0.150. The van der Waals surface area contributed by atoms with Crippen LogP contribution in [0.25, 0.3) is 21.9 Å². The van der Waals surface area contributed by atoms with E-state index in [2.05, 4.69) is 15.3 Å². The molecular formula is C20H18N4O. The summed E-state index contributed by atoms with van der Waals surface area (Å²) in [5, 5.41) is 3.95. The van der Waals surface area contributed by atoms with Crippen molar-refractivity contribution in [2.24, 2.45) is 7.05 Å². The molecule has 25 heavy (non-hydrogen) atoms. The number of rotatable bonds is 2. The summed E-state index contributed by atoms with van der Waals surface area (Å²) in [6.45, 7) is 3.89. The topological polar surface area (TPSA) is 59.8 Å². The molecule has 0 radical (unpaired) electrons. The summed E-state index contributed by atoms with van der Waals surface area (Å²) in [5.74, 6) is 0.785. The second-order valence-electron chi connectivity index (χ2n) is 6.21. The molecule has 1 N–H and O–H groups in total. The highest BCUT2D eigenvalue weighted by Gasteiger charge is 2.15. The molecule has 5 heteroatoms. The highest BCUT2D eigenvalue weighted by atomic mass is 16.1. The van der Waals surface area contributed by atoms with Crippen molar-refractivity contribution in [2.45, 2.75) is 13.8 Å². The van der Waals surface area contributed by atoms with Gasteiger partial charge in [0.15, 0.2) is 0 Å². The fourth-order valence-corrected chi connectivity index (χ4v) is 3.11. The summed E-state index contributed by atoms with van der Waals surface area (Å²) in [6.07, 6.45) is 1.71. The van der Waals surface area contributed by atoms with Gasteiger partial charge in [0, 0.05) is 24.3 Å². The van der Waals surface area contributed by atoms with Crippen LogP contribution < -0.4 is 5.32 Å². The molecule has 5 nitrogen and oxygen atoms in total. The number of hydrogen-bond donors (Lipinski definition) is 1. The van der Waals surface area contributed by atoms with Crippen molar-refractivity contribution in [2.75, 3.05) is 5.32 Å². The fourth-order valence-electron chi connectivity index (χ4n) is 3.11. The van der Waals surface area contributed by atoms with E-state index in [4.69, 9.17) is 0 Å². The van der Waals surface area contributed by atoms with Crippen LogP contribution in [0.3, 0.4) is 0 Å². The summed E-state index contributed by atoms with van der Waals surface area (Å²) >= 11 is 0. The van der Waals surface area contributed by atoms with E-state index in [1.807, 2.05) is 67.9 Å². The van der Waals surface area contributed by atoms with Crippen molar-refractivity contribution in [3.63, 3.8) is 0 Å². The van der Waals surface area contributed by atoms with Crippen molar-refractivity contribution in [1.82, 2.24) is 14.5 Å². The Morgan fingerprint density at radius 2 is 1.96 bits per heavy atom. The summed E-state index contributed by atoms with van der Waals surface area (Å²) in [6, 6.07) is 13.5. The van der Waals surface area contributed by atoms with E-state index >= 15 is 0 Å². The number of imidazole rings is 1. The molecule has 0 spiro atoms. The first-order chi connectivity index (χ1) is 12.0. The lowest BCUT2D eigenvalue weighted by Crippen LogP contribution is -2.14. The van der Waals surface area contributed by atoms with Crippen molar-refractivity contribution >= 4 is 33.5 Å². The van der Waals surface area contributed by atoms with Crippen LogP contribution in [0.4, 0.5) is 5.69 Å². The Balaban J connectivity index is 1.76. The van der Waals surface area contributed by atoms with Gasteiger partial charge in [0.05, 0.1) is 22.1 Å². The van der Waals surface area contributed by atoms with Gasteiger partial charge in [-0.15, -0.1) is 0 Å². The Bertz CT molecular complexity index is 1130. The number of carbonyl (C=O) groups excluding carboxylic acids is 1. The van der Waals surface area contributed by atoms with Crippen molar-refractivity contribution < 1.29 is 4.79 Å². The molecule has 0 saturated heterocycles. The smallest absolute Gasteiger partial charge is 0.258 e. The van der Waals surface area contributed by atoms with E-state index in [-0.39, 0.29) is 5.91 Å². The lowest BCUT2D eigenvalue weighted by atomic mass is 10.0. The maximum absolute atomic E-state index is 12.9. The van der Waals surface area contributed by atoms with Gasteiger partial charge in [-0.2, -0.15) is 0 Å². The first-order valence-corrected chi connectivity index (χ1v) is 8.13. The minimum atomic E-state index is -0.153. The monoisotopic (exact) mass is 330 g/mol. The molecule has 2 aromatic heterocycles. The van der Waals surface area contributed by atoms with Gasteiger partial charge in [-0.1, -0.05) is 18.2 Å². The highest BCUT2D eigenvalue weighted by Crippen LogP contribution is 2.23. The molecule has 4 rings (SSSR count).